The number of nitrogens with one attached hydrogen (secondary N) is 1. The summed E-state index contributed by atoms with van der Waals surface area (Å²) in [6.07, 6.45) is -0.209. The van der Waals surface area contributed by atoms with E-state index in [1.54, 1.807) is 0 Å². The first-order valence-corrected chi connectivity index (χ1v) is 9.21. The fourth-order valence-electron chi connectivity index (χ4n) is 3.04. The zero-order chi connectivity index (χ0) is 18.3. The number of hydrogen-bond acceptors (Lipinski definition) is 4. The molecule has 3 aromatic carbocycles. The van der Waals surface area contributed by atoms with Crippen LogP contribution >= 0.6 is 0 Å². The Morgan fingerprint density at radius 1 is 0.741 bits per heavy atom. The van der Waals surface area contributed by atoms with Gasteiger partial charge in [0, 0.05) is 18.7 Å². The van der Waals surface area contributed by atoms with Crippen LogP contribution in [0.5, 0.6) is 11.5 Å². The molecular formula is C23H23NO3. The molecule has 1 saturated heterocycles. The third kappa shape index (κ3) is 4.95. The first-order chi connectivity index (χ1) is 13.4. The number of hydrogen-bond donors (Lipinski definition) is 1. The monoisotopic (exact) mass is 361 g/mol. The van der Waals surface area contributed by atoms with Gasteiger partial charge in [-0.05, 0) is 35.4 Å². The molecule has 0 bridgehead atoms. The lowest BCUT2D eigenvalue weighted by molar-refractivity contribution is -0.0441. The van der Waals surface area contributed by atoms with E-state index in [0.717, 1.165) is 30.2 Å². The fraction of sp³-hybridized carbons (Fsp3) is 0.217. The predicted molar refractivity (Wildman–Crippen MR) is 105 cm³/mol. The van der Waals surface area contributed by atoms with Gasteiger partial charge in [-0.3, -0.25) is 0 Å². The van der Waals surface area contributed by atoms with E-state index in [1.807, 2.05) is 42.5 Å². The third-order valence-corrected chi connectivity index (χ3v) is 4.41. The maximum absolute atomic E-state index is 5.89. The van der Waals surface area contributed by atoms with Crippen molar-refractivity contribution in [1.29, 1.82) is 0 Å². The lowest BCUT2D eigenvalue weighted by atomic mass is 10.1. The molecule has 1 fully saturated rings. The van der Waals surface area contributed by atoms with Gasteiger partial charge in [0.15, 0.2) is 6.29 Å². The molecule has 1 N–H and O–H groups in total. The molecule has 4 nitrogen and oxygen atoms in total. The van der Waals surface area contributed by atoms with Crippen molar-refractivity contribution in [3.8, 4) is 11.5 Å². The number of para-hydroxylation sites is 1. The molecule has 1 aliphatic heterocycles. The molecular weight excluding hydrogens is 338 g/mol. The van der Waals surface area contributed by atoms with Crippen molar-refractivity contribution in [2.45, 2.75) is 19.4 Å². The lowest BCUT2D eigenvalue weighted by Crippen LogP contribution is -2.12. The Kier molecular flexibility index (Phi) is 5.80. The molecule has 0 spiro atoms. The highest BCUT2D eigenvalue weighted by Crippen LogP contribution is 2.24. The van der Waals surface area contributed by atoms with Crippen molar-refractivity contribution >= 4 is 0 Å². The minimum Gasteiger partial charge on any atom is -0.457 e. The summed E-state index contributed by atoms with van der Waals surface area (Å²) in [5.74, 6) is 1.69. The minimum absolute atomic E-state index is 0.209. The first-order valence-electron chi connectivity index (χ1n) is 9.21. The smallest absolute Gasteiger partial charge is 0.184 e. The van der Waals surface area contributed by atoms with Gasteiger partial charge in [-0.2, -0.15) is 0 Å². The molecule has 3 aromatic rings. The average molecular weight is 361 g/mol. The van der Waals surface area contributed by atoms with Crippen LogP contribution in [0.3, 0.4) is 0 Å². The van der Waals surface area contributed by atoms with Crippen LogP contribution in [0.15, 0.2) is 78.9 Å². The van der Waals surface area contributed by atoms with Crippen LogP contribution in [-0.4, -0.2) is 13.2 Å². The molecule has 138 valence electrons. The van der Waals surface area contributed by atoms with Crippen molar-refractivity contribution in [2.24, 2.45) is 0 Å². The maximum atomic E-state index is 5.89. The molecule has 0 amide bonds. The van der Waals surface area contributed by atoms with Gasteiger partial charge in [-0.25, -0.2) is 0 Å². The third-order valence-electron chi connectivity index (χ3n) is 4.41. The highest BCUT2D eigenvalue weighted by Gasteiger charge is 2.17. The summed E-state index contributed by atoms with van der Waals surface area (Å²) >= 11 is 0. The van der Waals surface area contributed by atoms with E-state index in [0.29, 0.717) is 13.2 Å². The summed E-state index contributed by atoms with van der Waals surface area (Å²) in [6.45, 7) is 2.92. The second kappa shape index (κ2) is 8.82. The Morgan fingerprint density at radius 2 is 1.44 bits per heavy atom. The second-order valence-electron chi connectivity index (χ2n) is 6.48. The van der Waals surface area contributed by atoms with E-state index in [9.17, 15) is 0 Å². The molecule has 0 aliphatic carbocycles. The van der Waals surface area contributed by atoms with Crippen LogP contribution in [0.2, 0.25) is 0 Å². The van der Waals surface area contributed by atoms with Crippen molar-refractivity contribution in [3.05, 3.63) is 95.6 Å². The Hall–Kier alpha value is -2.66. The Bertz CT molecular complexity index is 843. The second-order valence-corrected chi connectivity index (χ2v) is 6.48. The normalized spacial score (nSPS) is 14.4. The largest absolute Gasteiger partial charge is 0.457 e. The highest BCUT2D eigenvalue weighted by molar-refractivity contribution is 5.34. The van der Waals surface area contributed by atoms with E-state index >= 15 is 0 Å². The van der Waals surface area contributed by atoms with Crippen LogP contribution < -0.4 is 10.1 Å². The van der Waals surface area contributed by atoms with E-state index in [1.165, 1.54) is 11.1 Å². The van der Waals surface area contributed by atoms with Gasteiger partial charge in [-0.1, -0.05) is 54.6 Å². The van der Waals surface area contributed by atoms with E-state index in [4.69, 9.17) is 14.2 Å². The topological polar surface area (TPSA) is 39.7 Å². The molecule has 27 heavy (non-hydrogen) atoms. The van der Waals surface area contributed by atoms with E-state index < -0.39 is 0 Å². The van der Waals surface area contributed by atoms with Crippen molar-refractivity contribution < 1.29 is 14.2 Å². The molecule has 0 atom stereocenters. The number of ether oxygens (including phenoxy) is 3. The lowest BCUT2D eigenvalue weighted by Gasteiger charge is -2.11. The highest BCUT2D eigenvalue weighted by atomic mass is 16.7. The summed E-state index contributed by atoms with van der Waals surface area (Å²) in [7, 11) is 0. The summed E-state index contributed by atoms with van der Waals surface area (Å²) in [5.41, 5.74) is 3.49. The first kappa shape index (κ1) is 17.7. The van der Waals surface area contributed by atoms with Crippen molar-refractivity contribution in [2.75, 3.05) is 13.2 Å². The summed E-state index contributed by atoms with van der Waals surface area (Å²) < 4.78 is 16.9. The number of benzene rings is 3. The molecule has 4 heteroatoms. The molecule has 0 unspecified atom stereocenters. The standard InChI is InChI=1S/C23H23NO3/c1-2-6-21(7-3-1)27-22-8-4-5-19(15-22)17-24-16-18-9-11-20(12-10-18)23-25-13-14-26-23/h1-12,15,23-24H,13-14,16-17H2. The van der Waals surface area contributed by atoms with Crippen LogP contribution in [-0.2, 0) is 22.6 Å². The maximum Gasteiger partial charge on any atom is 0.184 e. The van der Waals surface area contributed by atoms with Gasteiger partial charge < -0.3 is 19.5 Å². The van der Waals surface area contributed by atoms with Gasteiger partial charge in [-0.15, -0.1) is 0 Å². The van der Waals surface area contributed by atoms with Crippen LogP contribution in [0.1, 0.15) is 23.0 Å². The summed E-state index contributed by atoms with van der Waals surface area (Å²) in [5, 5.41) is 3.48. The fourth-order valence-corrected chi connectivity index (χ4v) is 3.04. The predicted octanol–water partition coefficient (Wildman–Crippen LogP) is 4.81. The molecule has 0 aromatic heterocycles. The summed E-state index contributed by atoms with van der Waals surface area (Å²) in [4.78, 5) is 0. The Balaban J connectivity index is 1.29. The average Bonchev–Trinajstić information content (AvgIpc) is 3.25. The zero-order valence-electron chi connectivity index (χ0n) is 15.1. The molecule has 1 heterocycles. The zero-order valence-corrected chi connectivity index (χ0v) is 15.1. The Labute approximate surface area is 159 Å². The number of rotatable bonds is 7. The molecule has 0 saturated carbocycles. The van der Waals surface area contributed by atoms with Crippen LogP contribution in [0.4, 0.5) is 0 Å². The van der Waals surface area contributed by atoms with Crippen LogP contribution in [0, 0.1) is 0 Å². The molecule has 0 radical (unpaired) electrons. The van der Waals surface area contributed by atoms with E-state index in [2.05, 4.69) is 41.7 Å². The molecule has 4 rings (SSSR count). The van der Waals surface area contributed by atoms with Gasteiger partial charge in [0.1, 0.15) is 11.5 Å². The van der Waals surface area contributed by atoms with Crippen molar-refractivity contribution in [1.82, 2.24) is 5.32 Å². The van der Waals surface area contributed by atoms with Gasteiger partial charge in [0.25, 0.3) is 0 Å². The molecule has 1 aliphatic rings. The van der Waals surface area contributed by atoms with Gasteiger partial charge in [0.05, 0.1) is 13.2 Å². The van der Waals surface area contributed by atoms with Gasteiger partial charge >= 0.3 is 0 Å². The van der Waals surface area contributed by atoms with Gasteiger partial charge in [0.2, 0.25) is 0 Å². The van der Waals surface area contributed by atoms with Crippen LogP contribution in [0.25, 0.3) is 0 Å². The minimum atomic E-state index is -0.209. The Morgan fingerprint density at radius 3 is 2.22 bits per heavy atom. The SMILES string of the molecule is c1ccc(Oc2cccc(CNCc3ccc(C4OCCO4)cc3)c2)cc1. The summed E-state index contributed by atoms with van der Waals surface area (Å²) in [6, 6.07) is 26.4. The van der Waals surface area contributed by atoms with Crippen molar-refractivity contribution in [3.63, 3.8) is 0 Å². The quantitative estimate of drug-likeness (QED) is 0.655. The van der Waals surface area contributed by atoms with E-state index in [-0.39, 0.29) is 6.29 Å².